The predicted molar refractivity (Wildman–Crippen MR) is 91.2 cm³/mol. The third-order valence-corrected chi connectivity index (χ3v) is 3.43. The second-order valence-electron chi connectivity index (χ2n) is 5.21. The number of carbonyl (C=O) groups is 1. The highest BCUT2D eigenvalue weighted by Gasteiger charge is 2.17. The first-order chi connectivity index (χ1) is 12.2. The van der Waals surface area contributed by atoms with E-state index in [2.05, 4.69) is 15.4 Å². The zero-order valence-corrected chi connectivity index (χ0v) is 13.5. The molecule has 3 rings (SSSR count). The average Bonchev–Trinajstić information content (AvgIpc) is 3.17. The van der Waals surface area contributed by atoms with E-state index in [1.54, 1.807) is 72.7 Å². The standard InChI is InChI=1S/C18H15N5O2/c1-13(25-15-7-5-14(12-19)6-8-15)18(24)22-16-4-2-9-20-17(16)23-11-3-10-21-23/h2-11,13H,1H3,(H,22,24). The number of ether oxygens (including phenoxy) is 1. The van der Waals surface area contributed by atoms with Gasteiger partial charge in [0, 0.05) is 18.6 Å². The van der Waals surface area contributed by atoms with Gasteiger partial charge in [0.25, 0.3) is 5.91 Å². The molecule has 3 aromatic rings. The fraction of sp³-hybridized carbons (Fsp3) is 0.111. The summed E-state index contributed by atoms with van der Waals surface area (Å²) in [6, 6.07) is 13.9. The van der Waals surface area contributed by atoms with E-state index in [9.17, 15) is 4.79 Å². The number of hydrogen-bond donors (Lipinski definition) is 1. The van der Waals surface area contributed by atoms with Gasteiger partial charge in [-0.2, -0.15) is 10.4 Å². The van der Waals surface area contributed by atoms with Crippen molar-refractivity contribution in [2.75, 3.05) is 5.32 Å². The van der Waals surface area contributed by atoms with Gasteiger partial charge in [-0.1, -0.05) is 0 Å². The van der Waals surface area contributed by atoms with Crippen LogP contribution in [0.3, 0.4) is 0 Å². The van der Waals surface area contributed by atoms with Gasteiger partial charge in [-0.05, 0) is 49.4 Å². The number of rotatable bonds is 5. The summed E-state index contributed by atoms with van der Waals surface area (Å²) in [6.07, 6.45) is 4.29. The summed E-state index contributed by atoms with van der Waals surface area (Å²) in [4.78, 5) is 16.7. The van der Waals surface area contributed by atoms with E-state index < -0.39 is 6.10 Å². The zero-order valence-electron chi connectivity index (χ0n) is 13.5. The number of amides is 1. The monoisotopic (exact) mass is 333 g/mol. The van der Waals surface area contributed by atoms with Crippen molar-refractivity contribution in [3.63, 3.8) is 0 Å². The van der Waals surface area contributed by atoms with Crippen molar-refractivity contribution in [2.24, 2.45) is 0 Å². The van der Waals surface area contributed by atoms with Crippen molar-refractivity contribution in [3.05, 3.63) is 66.6 Å². The predicted octanol–water partition coefficient (Wildman–Crippen LogP) is 2.54. The summed E-state index contributed by atoms with van der Waals surface area (Å²) in [6.45, 7) is 1.65. The van der Waals surface area contributed by atoms with Gasteiger partial charge in [-0.3, -0.25) is 4.79 Å². The second kappa shape index (κ2) is 7.27. The number of carbonyl (C=O) groups excluding carboxylic acids is 1. The van der Waals surface area contributed by atoms with Gasteiger partial charge in [-0.15, -0.1) is 0 Å². The van der Waals surface area contributed by atoms with Crippen LogP contribution in [0, 0.1) is 11.3 Å². The van der Waals surface area contributed by atoms with E-state index >= 15 is 0 Å². The largest absolute Gasteiger partial charge is 0.481 e. The molecular weight excluding hydrogens is 318 g/mol. The molecule has 2 aromatic heterocycles. The van der Waals surface area contributed by atoms with Crippen LogP contribution >= 0.6 is 0 Å². The Balaban J connectivity index is 1.71. The molecule has 1 aromatic carbocycles. The van der Waals surface area contributed by atoms with E-state index in [-0.39, 0.29) is 5.91 Å². The van der Waals surface area contributed by atoms with Gasteiger partial charge in [0.2, 0.25) is 0 Å². The summed E-state index contributed by atoms with van der Waals surface area (Å²) in [5.41, 5.74) is 1.06. The molecule has 7 heteroatoms. The smallest absolute Gasteiger partial charge is 0.265 e. The summed E-state index contributed by atoms with van der Waals surface area (Å²) in [7, 11) is 0. The Morgan fingerprint density at radius 2 is 2.04 bits per heavy atom. The molecule has 0 bridgehead atoms. The number of anilines is 1. The molecule has 0 aliphatic rings. The van der Waals surface area contributed by atoms with Crippen LogP contribution in [0.15, 0.2) is 61.1 Å². The molecule has 0 saturated heterocycles. The maximum atomic E-state index is 12.4. The third-order valence-electron chi connectivity index (χ3n) is 3.43. The summed E-state index contributed by atoms with van der Waals surface area (Å²) >= 11 is 0. The molecule has 1 atom stereocenters. The first-order valence-corrected chi connectivity index (χ1v) is 7.60. The lowest BCUT2D eigenvalue weighted by atomic mass is 10.2. The van der Waals surface area contributed by atoms with Gasteiger partial charge in [0.05, 0.1) is 17.3 Å². The van der Waals surface area contributed by atoms with E-state index in [4.69, 9.17) is 10.00 Å². The molecular formula is C18H15N5O2. The van der Waals surface area contributed by atoms with E-state index in [0.29, 0.717) is 22.8 Å². The van der Waals surface area contributed by atoms with Crippen LogP contribution in [-0.4, -0.2) is 26.8 Å². The number of benzene rings is 1. The number of nitriles is 1. The minimum atomic E-state index is -0.724. The third kappa shape index (κ3) is 3.82. The first kappa shape index (κ1) is 16.2. The molecule has 0 spiro atoms. The highest BCUT2D eigenvalue weighted by atomic mass is 16.5. The average molecular weight is 333 g/mol. The van der Waals surface area contributed by atoms with Crippen molar-refractivity contribution < 1.29 is 9.53 Å². The van der Waals surface area contributed by atoms with Gasteiger partial charge in [-0.25, -0.2) is 9.67 Å². The molecule has 124 valence electrons. The molecule has 25 heavy (non-hydrogen) atoms. The molecule has 1 unspecified atom stereocenters. The van der Waals surface area contributed by atoms with Gasteiger partial charge < -0.3 is 10.1 Å². The molecule has 0 radical (unpaired) electrons. The Morgan fingerprint density at radius 3 is 2.72 bits per heavy atom. The molecule has 0 saturated carbocycles. The lowest BCUT2D eigenvalue weighted by Crippen LogP contribution is -2.30. The van der Waals surface area contributed by atoms with Crippen LogP contribution in [0.4, 0.5) is 5.69 Å². The quantitative estimate of drug-likeness (QED) is 0.774. The fourth-order valence-corrected chi connectivity index (χ4v) is 2.17. The highest BCUT2D eigenvalue weighted by Crippen LogP contribution is 2.18. The van der Waals surface area contributed by atoms with Crippen molar-refractivity contribution >= 4 is 11.6 Å². The zero-order chi connectivity index (χ0) is 17.6. The Kier molecular flexibility index (Phi) is 4.72. The van der Waals surface area contributed by atoms with Crippen molar-refractivity contribution in [3.8, 4) is 17.6 Å². The van der Waals surface area contributed by atoms with Crippen LogP contribution < -0.4 is 10.1 Å². The topological polar surface area (TPSA) is 92.8 Å². The maximum absolute atomic E-state index is 12.4. The van der Waals surface area contributed by atoms with E-state index in [1.165, 1.54) is 0 Å². The molecule has 2 heterocycles. The van der Waals surface area contributed by atoms with Crippen LogP contribution in [-0.2, 0) is 4.79 Å². The Morgan fingerprint density at radius 1 is 1.24 bits per heavy atom. The number of nitrogens with one attached hydrogen (secondary N) is 1. The molecule has 0 aliphatic carbocycles. The Labute approximate surface area is 144 Å². The molecule has 1 amide bonds. The Bertz CT molecular complexity index is 898. The summed E-state index contributed by atoms with van der Waals surface area (Å²) in [5.74, 6) is 0.720. The van der Waals surface area contributed by atoms with Crippen molar-refractivity contribution in [2.45, 2.75) is 13.0 Å². The van der Waals surface area contributed by atoms with Crippen LogP contribution in [0.5, 0.6) is 5.75 Å². The summed E-state index contributed by atoms with van der Waals surface area (Å²) in [5, 5.41) is 15.7. The second-order valence-corrected chi connectivity index (χ2v) is 5.21. The lowest BCUT2D eigenvalue weighted by molar-refractivity contribution is -0.122. The van der Waals surface area contributed by atoms with Crippen molar-refractivity contribution in [1.29, 1.82) is 5.26 Å². The fourth-order valence-electron chi connectivity index (χ4n) is 2.17. The van der Waals surface area contributed by atoms with Crippen molar-refractivity contribution in [1.82, 2.24) is 14.8 Å². The molecule has 0 fully saturated rings. The minimum absolute atomic E-state index is 0.314. The molecule has 0 aliphatic heterocycles. The number of aromatic nitrogens is 3. The van der Waals surface area contributed by atoms with Crippen LogP contribution in [0.1, 0.15) is 12.5 Å². The van der Waals surface area contributed by atoms with Gasteiger partial charge in [0.15, 0.2) is 11.9 Å². The summed E-state index contributed by atoms with van der Waals surface area (Å²) < 4.78 is 7.19. The Hall–Kier alpha value is -3.66. The number of pyridine rings is 1. The normalized spacial score (nSPS) is 11.4. The SMILES string of the molecule is CC(Oc1ccc(C#N)cc1)C(=O)Nc1cccnc1-n1cccn1. The number of hydrogen-bond acceptors (Lipinski definition) is 5. The van der Waals surface area contributed by atoms with E-state index in [1.807, 2.05) is 6.07 Å². The van der Waals surface area contributed by atoms with Gasteiger partial charge in [0.1, 0.15) is 5.75 Å². The lowest BCUT2D eigenvalue weighted by Gasteiger charge is -2.16. The molecule has 1 N–H and O–H groups in total. The van der Waals surface area contributed by atoms with E-state index in [0.717, 1.165) is 0 Å². The molecule has 7 nitrogen and oxygen atoms in total. The first-order valence-electron chi connectivity index (χ1n) is 7.60. The number of nitrogens with zero attached hydrogens (tertiary/aromatic N) is 4. The minimum Gasteiger partial charge on any atom is -0.481 e. The van der Waals surface area contributed by atoms with Gasteiger partial charge >= 0.3 is 0 Å². The van der Waals surface area contributed by atoms with Crippen LogP contribution in [0.25, 0.3) is 5.82 Å². The highest BCUT2D eigenvalue weighted by molar-refractivity contribution is 5.95. The van der Waals surface area contributed by atoms with Crippen LogP contribution in [0.2, 0.25) is 0 Å². The maximum Gasteiger partial charge on any atom is 0.265 e.